The molecule has 0 nitrogen and oxygen atoms in total. The number of benzene rings is 1. The Kier molecular flexibility index (Phi) is 6.44. The van der Waals surface area contributed by atoms with Crippen molar-refractivity contribution >= 4 is 31.9 Å². The first kappa shape index (κ1) is 14.0. The van der Waals surface area contributed by atoms with E-state index in [0.717, 1.165) is 0 Å². The maximum Gasteiger partial charge on any atom is 0.405 e. The van der Waals surface area contributed by atoms with Crippen molar-refractivity contribution in [1.29, 1.82) is 0 Å². The van der Waals surface area contributed by atoms with Crippen molar-refractivity contribution < 1.29 is 13.2 Å². The van der Waals surface area contributed by atoms with Crippen LogP contribution < -0.4 is 0 Å². The van der Waals surface area contributed by atoms with Crippen LogP contribution in [0, 0.1) is 0 Å². The Morgan fingerprint density at radius 1 is 1.07 bits per heavy atom. The largest absolute Gasteiger partial charge is 0.405 e. The third-order valence-electron chi connectivity index (χ3n) is 1.38. The Morgan fingerprint density at radius 3 is 1.86 bits per heavy atom. The van der Waals surface area contributed by atoms with Gasteiger partial charge in [-0.3, -0.25) is 0 Å². The molecule has 5 heteroatoms. The van der Waals surface area contributed by atoms with E-state index in [1.807, 2.05) is 5.83 Å². The zero-order valence-corrected chi connectivity index (χ0v) is 10.5. The molecule has 0 heterocycles. The average molecular weight is 334 g/mol. The number of halogens is 5. The summed E-state index contributed by atoms with van der Waals surface area (Å²) in [5, 5.41) is 0. The van der Waals surface area contributed by atoms with Gasteiger partial charge in [-0.2, -0.15) is 13.2 Å². The van der Waals surface area contributed by atoms with Crippen LogP contribution in [0.5, 0.6) is 0 Å². The Hall–Kier alpha value is -0.0300. The van der Waals surface area contributed by atoms with Crippen LogP contribution in [0.15, 0.2) is 30.3 Å². The first-order chi connectivity index (χ1) is 6.52. The summed E-state index contributed by atoms with van der Waals surface area (Å²) in [7, 11) is 0. The molecule has 0 spiro atoms. The molecular formula is C9H9Br2F3. The first-order valence-electron chi connectivity index (χ1n) is 3.65. The van der Waals surface area contributed by atoms with Crippen molar-refractivity contribution in [3.63, 3.8) is 0 Å². The van der Waals surface area contributed by atoms with Crippen LogP contribution in [0.2, 0.25) is 0 Å². The predicted octanol–water partition coefficient (Wildman–Crippen LogP) is 4.70. The van der Waals surface area contributed by atoms with Crippen molar-refractivity contribution in [2.24, 2.45) is 0 Å². The fourth-order valence-electron chi connectivity index (χ4n) is 0.811. The monoisotopic (exact) mass is 332 g/mol. The number of alkyl halides is 5. The van der Waals surface area contributed by atoms with Crippen LogP contribution in [-0.2, 0) is 0 Å². The van der Waals surface area contributed by atoms with Gasteiger partial charge < -0.3 is 0 Å². The van der Waals surface area contributed by atoms with E-state index in [1.54, 1.807) is 18.2 Å². The first-order valence-corrected chi connectivity index (χ1v) is 6.15. The van der Waals surface area contributed by atoms with E-state index in [-0.39, 0.29) is 5.56 Å². The van der Waals surface area contributed by atoms with Gasteiger partial charge in [-0.15, -0.1) is 0 Å². The van der Waals surface area contributed by atoms with E-state index in [0.29, 0.717) is 0 Å². The predicted molar refractivity (Wildman–Crippen MR) is 59.0 cm³/mol. The molecule has 0 aliphatic rings. The molecule has 1 aromatic carbocycles. The van der Waals surface area contributed by atoms with Crippen molar-refractivity contribution in [2.45, 2.75) is 11.0 Å². The number of hydrogen-bond donors (Lipinski definition) is 0. The Morgan fingerprint density at radius 2 is 1.50 bits per heavy atom. The minimum absolute atomic E-state index is 0.227. The van der Waals surface area contributed by atoms with Crippen LogP contribution in [0.1, 0.15) is 10.4 Å². The quantitative estimate of drug-likeness (QED) is 0.654. The summed E-state index contributed by atoms with van der Waals surface area (Å²) < 4.78 is 36.3. The molecule has 0 aromatic heterocycles. The molecule has 1 atom stereocenters. The standard InChI is InChI=1S/C8H6BrF3.CH3Br/c9-7(8(10,11)12)6-4-2-1-3-5-6;1-2/h1-5,7H;1H3. The Balaban J connectivity index is 0.000000791. The third kappa shape index (κ3) is 4.46. The van der Waals surface area contributed by atoms with Gasteiger partial charge in [-0.05, 0) is 11.4 Å². The zero-order chi connectivity index (χ0) is 11.2. The Labute approximate surface area is 97.8 Å². The maximum atomic E-state index is 12.1. The lowest BCUT2D eigenvalue weighted by atomic mass is 10.1. The summed E-state index contributed by atoms with van der Waals surface area (Å²) in [4.78, 5) is -1.56. The summed E-state index contributed by atoms with van der Waals surface area (Å²) in [5.74, 6) is 1.81. The second kappa shape index (κ2) is 6.45. The van der Waals surface area contributed by atoms with Crippen molar-refractivity contribution in [1.82, 2.24) is 0 Å². The molecule has 80 valence electrons. The number of rotatable bonds is 1. The van der Waals surface area contributed by atoms with Gasteiger partial charge in [-0.25, -0.2) is 0 Å². The van der Waals surface area contributed by atoms with Gasteiger partial charge in [0.2, 0.25) is 0 Å². The van der Waals surface area contributed by atoms with E-state index in [9.17, 15) is 13.2 Å². The third-order valence-corrected chi connectivity index (χ3v) is 2.43. The summed E-state index contributed by atoms with van der Waals surface area (Å²) in [6.07, 6.45) is -4.22. The molecule has 0 radical (unpaired) electrons. The highest BCUT2D eigenvalue weighted by molar-refractivity contribution is 9.09. The van der Waals surface area contributed by atoms with Crippen LogP contribution >= 0.6 is 31.9 Å². The fourth-order valence-corrected chi connectivity index (χ4v) is 1.12. The van der Waals surface area contributed by atoms with Gasteiger partial charge >= 0.3 is 6.18 Å². The van der Waals surface area contributed by atoms with Crippen molar-refractivity contribution in [3.05, 3.63) is 35.9 Å². The van der Waals surface area contributed by atoms with Crippen LogP contribution in [0.25, 0.3) is 0 Å². The average Bonchev–Trinajstić information content (AvgIpc) is 2.20. The maximum absolute atomic E-state index is 12.1. The van der Waals surface area contributed by atoms with E-state index in [2.05, 4.69) is 31.9 Å². The molecule has 0 fully saturated rings. The van der Waals surface area contributed by atoms with E-state index < -0.39 is 11.0 Å². The second-order valence-electron chi connectivity index (χ2n) is 2.31. The molecule has 14 heavy (non-hydrogen) atoms. The fraction of sp³-hybridized carbons (Fsp3) is 0.333. The lowest BCUT2D eigenvalue weighted by Gasteiger charge is -2.13. The summed E-state index contributed by atoms with van der Waals surface area (Å²) in [5.41, 5.74) is 0.227. The van der Waals surface area contributed by atoms with Gasteiger partial charge in [0.1, 0.15) is 4.83 Å². The van der Waals surface area contributed by atoms with E-state index in [4.69, 9.17) is 0 Å². The highest BCUT2D eigenvalue weighted by Crippen LogP contribution is 2.39. The van der Waals surface area contributed by atoms with Crippen LogP contribution in [-0.4, -0.2) is 12.0 Å². The summed E-state index contributed by atoms with van der Waals surface area (Å²) in [6, 6.07) is 7.71. The van der Waals surface area contributed by atoms with Gasteiger partial charge in [-0.1, -0.05) is 62.2 Å². The summed E-state index contributed by atoms with van der Waals surface area (Å²) in [6.45, 7) is 0. The van der Waals surface area contributed by atoms with Crippen molar-refractivity contribution in [3.8, 4) is 0 Å². The van der Waals surface area contributed by atoms with E-state index in [1.165, 1.54) is 12.1 Å². The minimum atomic E-state index is -4.22. The molecule has 1 rings (SSSR count). The Bertz CT molecular complexity index is 246. The molecule has 0 saturated heterocycles. The molecule has 1 unspecified atom stereocenters. The summed E-state index contributed by atoms with van der Waals surface area (Å²) >= 11 is 5.52. The molecule has 1 aromatic rings. The van der Waals surface area contributed by atoms with Gasteiger partial charge in [0.15, 0.2) is 0 Å². The highest BCUT2D eigenvalue weighted by atomic mass is 79.9. The SMILES string of the molecule is CBr.FC(F)(F)C(Br)c1ccccc1. The topological polar surface area (TPSA) is 0 Å². The van der Waals surface area contributed by atoms with Gasteiger partial charge in [0, 0.05) is 0 Å². The molecule has 0 aliphatic carbocycles. The molecule has 0 bridgehead atoms. The van der Waals surface area contributed by atoms with Crippen LogP contribution in [0.3, 0.4) is 0 Å². The normalized spacial score (nSPS) is 12.7. The minimum Gasteiger partial charge on any atom is -0.169 e. The van der Waals surface area contributed by atoms with Gasteiger partial charge in [0.05, 0.1) is 0 Å². The number of hydrogen-bond acceptors (Lipinski definition) is 0. The second-order valence-corrected chi connectivity index (χ2v) is 3.23. The van der Waals surface area contributed by atoms with Crippen LogP contribution in [0.4, 0.5) is 13.2 Å². The highest BCUT2D eigenvalue weighted by Gasteiger charge is 2.38. The lowest BCUT2D eigenvalue weighted by Crippen LogP contribution is -2.14. The zero-order valence-electron chi connectivity index (χ0n) is 7.35. The molecule has 0 amide bonds. The van der Waals surface area contributed by atoms with Crippen molar-refractivity contribution in [2.75, 3.05) is 5.83 Å². The van der Waals surface area contributed by atoms with Gasteiger partial charge in [0.25, 0.3) is 0 Å². The molecule has 0 N–H and O–H groups in total. The lowest BCUT2D eigenvalue weighted by molar-refractivity contribution is -0.128. The smallest absolute Gasteiger partial charge is 0.169 e. The van der Waals surface area contributed by atoms with E-state index >= 15 is 0 Å². The molecular weight excluding hydrogens is 325 g/mol. The molecule has 0 aliphatic heterocycles. The molecule has 0 saturated carbocycles.